The molecule has 1 amide bonds. The van der Waals surface area contributed by atoms with Crippen molar-refractivity contribution in [3.63, 3.8) is 0 Å². The van der Waals surface area contributed by atoms with Gasteiger partial charge in [0.1, 0.15) is 0 Å². The second-order valence-electron chi connectivity index (χ2n) is 6.28. The summed E-state index contributed by atoms with van der Waals surface area (Å²) < 4.78 is 12.3. The van der Waals surface area contributed by atoms with E-state index >= 15 is 0 Å². The fourth-order valence-corrected chi connectivity index (χ4v) is 2.87. The minimum Gasteiger partial charge on any atom is -0.493 e. The topological polar surface area (TPSA) is 91.2 Å². The second kappa shape index (κ2) is 7.06. The quantitative estimate of drug-likeness (QED) is 0.722. The van der Waals surface area contributed by atoms with Gasteiger partial charge in [-0.05, 0) is 53.6 Å². The monoisotopic (exact) mass is 365 g/mol. The summed E-state index contributed by atoms with van der Waals surface area (Å²) in [4.78, 5) is 12.6. The molecule has 1 aliphatic rings. The van der Waals surface area contributed by atoms with E-state index in [2.05, 4.69) is 20.8 Å². The molecule has 138 valence electrons. The lowest BCUT2D eigenvalue weighted by atomic mass is 10.1. The van der Waals surface area contributed by atoms with Gasteiger partial charge in [0.15, 0.2) is 17.3 Å². The summed E-state index contributed by atoms with van der Waals surface area (Å²) in [7, 11) is 3.09. The molecule has 27 heavy (non-hydrogen) atoms. The molecule has 0 bridgehead atoms. The molecule has 0 unspecified atom stereocenters. The summed E-state index contributed by atoms with van der Waals surface area (Å²) in [6, 6.07) is 12.9. The largest absolute Gasteiger partial charge is 0.493 e. The molecule has 0 atom stereocenters. The first-order valence-corrected chi connectivity index (χ1v) is 8.61. The molecular weight excluding hydrogens is 346 g/mol. The number of nitrogens with one attached hydrogen (secondary N) is 1. The summed E-state index contributed by atoms with van der Waals surface area (Å²) in [6.07, 6.45) is 2.18. The van der Waals surface area contributed by atoms with Crippen LogP contribution in [0.15, 0.2) is 42.5 Å². The van der Waals surface area contributed by atoms with Gasteiger partial charge in [0, 0.05) is 16.8 Å². The fourth-order valence-electron chi connectivity index (χ4n) is 2.87. The zero-order valence-electron chi connectivity index (χ0n) is 15.0. The third-order valence-electron chi connectivity index (χ3n) is 4.41. The van der Waals surface area contributed by atoms with Crippen molar-refractivity contribution in [2.75, 3.05) is 19.5 Å². The number of tetrazole rings is 1. The van der Waals surface area contributed by atoms with E-state index in [4.69, 9.17) is 9.47 Å². The average Bonchev–Trinajstić information content (AvgIpc) is 3.43. The number of carbonyl (C=O) groups is 1. The maximum absolute atomic E-state index is 12.6. The molecule has 1 aliphatic carbocycles. The summed E-state index contributed by atoms with van der Waals surface area (Å²) >= 11 is 0. The van der Waals surface area contributed by atoms with Gasteiger partial charge in [-0.25, -0.2) is 4.68 Å². The summed E-state index contributed by atoms with van der Waals surface area (Å²) in [5.41, 5.74) is 2.00. The number of hydrogen-bond acceptors (Lipinski definition) is 6. The Kier molecular flexibility index (Phi) is 4.45. The first kappa shape index (κ1) is 17.0. The molecule has 3 aromatic rings. The van der Waals surface area contributed by atoms with Crippen molar-refractivity contribution in [2.24, 2.45) is 0 Å². The molecule has 1 N–H and O–H groups in total. The number of ether oxygens (including phenoxy) is 2. The van der Waals surface area contributed by atoms with E-state index < -0.39 is 0 Å². The van der Waals surface area contributed by atoms with Gasteiger partial charge < -0.3 is 14.8 Å². The predicted molar refractivity (Wildman–Crippen MR) is 99.0 cm³/mol. The molecular formula is C19H19N5O3. The van der Waals surface area contributed by atoms with Crippen molar-refractivity contribution < 1.29 is 14.3 Å². The van der Waals surface area contributed by atoms with E-state index in [0.717, 1.165) is 18.4 Å². The maximum atomic E-state index is 12.6. The summed E-state index contributed by atoms with van der Waals surface area (Å²) in [5.74, 6) is 1.54. The molecule has 2 aromatic carbocycles. The van der Waals surface area contributed by atoms with E-state index in [1.807, 2.05) is 28.9 Å². The Labute approximate surface area is 156 Å². The van der Waals surface area contributed by atoms with E-state index in [-0.39, 0.29) is 5.91 Å². The molecule has 0 radical (unpaired) electrons. The van der Waals surface area contributed by atoms with Crippen LogP contribution in [0, 0.1) is 0 Å². The van der Waals surface area contributed by atoms with Crippen LogP contribution >= 0.6 is 0 Å². The van der Waals surface area contributed by atoms with Crippen LogP contribution in [0.4, 0.5) is 5.69 Å². The molecule has 1 aromatic heterocycles. The number of aromatic nitrogens is 4. The van der Waals surface area contributed by atoms with Gasteiger partial charge in [-0.15, -0.1) is 5.10 Å². The van der Waals surface area contributed by atoms with Crippen LogP contribution in [-0.2, 0) is 0 Å². The lowest BCUT2D eigenvalue weighted by Gasteiger charge is -2.11. The van der Waals surface area contributed by atoms with Crippen LogP contribution in [0.5, 0.6) is 11.5 Å². The van der Waals surface area contributed by atoms with Gasteiger partial charge in [0.05, 0.1) is 20.3 Å². The van der Waals surface area contributed by atoms with Gasteiger partial charge in [-0.1, -0.05) is 12.1 Å². The molecule has 4 rings (SSSR count). The van der Waals surface area contributed by atoms with Gasteiger partial charge in [-0.3, -0.25) is 4.79 Å². The summed E-state index contributed by atoms with van der Waals surface area (Å²) in [5, 5.41) is 14.9. The second-order valence-corrected chi connectivity index (χ2v) is 6.28. The van der Waals surface area contributed by atoms with Gasteiger partial charge in [-0.2, -0.15) is 0 Å². The summed E-state index contributed by atoms with van der Waals surface area (Å²) in [6.45, 7) is 0. The van der Waals surface area contributed by atoms with E-state index in [1.165, 1.54) is 7.11 Å². The third kappa shape index (κ3) is 3.46. The molecule has 1 heterocycles. The minimum atomic E-state index is -0.241. The first-order valence-electron chi connectivity index (χ1n) is 8.61. The lowest BCUT2D eigenvalue weighted by Crippen LogP contribution is -2.12. The third-order valence-corrected chi connectivity index (χ3v) is 4.41. The lowest BCUT2D eigenvalue weighted by molar-refractivity contribution is 0.102. The van der Waals surface area contributed by atoms with Crippen molar-refractivity contribution >= 4 is 11.6 Å². The van der Waals surface area contributed by atoms with Crippen LogP contribution in [0.25, 0.3) is 11.4 Å². The highest BCUT2D eigenvalue weighted by atomic mass is 16.5. The highest BCUT2D eigenvalue weighted by molar-refractivity contribution is 6.04. The van der Waals surface area contributed by atoms with Crippen LogP contribution in [0.1, 0.15) is 29.2 Å². The van der Waals surface area contributed by atoms with Crippen molar-refractivity contribution in [3.05, 3.63) is 48.0 Å². The Morgan fingerprint density at radius 3 is 2.67 bits per heavy atom. The number of hydrogen-bond donors (Lipinski definition) is 1. The van der Waals surface area contributed by atoms with Crippen LogP contribution < -0.4 is 14.8 Å². The standard InChI is InChI=1S/C19H19N5O3/c1-26-16-9-6-13(11-17(16)27-2)19(25)20-14-5-3-4-12(10-14)18-21-22-23-24(18)15-7-8-15/h3-6,9-11,15H,7-8H2,1-2H3,(H,20,25). The van der Waals surface area contributed by atoms with Crippen molar-refractivity contribution in [1.29, 1.82) is 0 Å². The van der Waals surface area contributed by atoms with Gasteiger partial charge in [0.2, 0.25) is 0 Å². The number of benzene rings is 2. The molecule has 0 aliphatic heterocycles. The molecule has 8 nitrogen and oxygen atoms in total. The van der Waals surface area contributed by atoms with Gasteiger partial charge >= 0.3 is 0 Å². The fraction of sp³-hybridized carbons (Fsp3) is 0.263. The number of rotatable bonds is 6. The normalized spacial score (nSPS) is 13.3. The van der Waals surface area contributed by atoms with Crippen LogP contribution in [0.2, 0.25) is 0 Å². The minimum absolute atomic E-state index is 0.241. The molecule has 1 saturated carbocycles. The Morgan fingerprint density at radius 2 is 1.93 bits per heavy atom. The number of nitrogens with zero attached hydrogens (tertiary/aromatic N) is 4. The van der Waals surface area contributed by atoms with Crippen LogP contribution in [0.3, 0.4) is 0 Å². The predicted octanol–water partition coefficient (Wildman–Crippen LogP) is 2.94. The highest BCUT2D eigenvalue weighted by Gasteiger charge is 2.28. The number of anilines is 1. The van der Waals surface area contributed by atoms with E-state index in [9.17, 15) is 4.79 Å². The smallest absolute Gasteiger partial charge is 0.255 e. The Morgan fingerprint density at radius 1 is 1.11 bits per heavy atom. The highest BCUT2D eigenvalue weighted by Crippen LogP contribution is 2.36. The van der Waals surface area contributed by atoms with Crippen LogP contribution in [-0.4, -0.2) is 40.3 Å². The zero-order valence-corrected chi connectivity index (χ0v) is 15.0. The van der Waals surface area contributed by atoms with E-state index in [0.29, 0.717) is 34.6 Å². The molecule has 0 saturated heterocycles. The zero-order chi connectivity index (χ0) is 18.8. The van der Waals surface area contributed by atoms with Gasteiger partial charge in [0.25, 0.3) is 5.91 Å². The maximum Gasteiger partial charge on any atom is 0.255 e. The van der Waals surface area contributed by atoms with Crippen molar-refractivity contribution in [2.45, 2.75) is 18.9 Å². The first-order chi connectivity index (χ1) is 13.2. The Hall–Kier alpha value is -3.42. The molecule has 0 spiro atoms. The number of carbonyl (C=O) groups excluding carboxylic acids is 1. The van der Waals surface area contributed by atoms with E-state index in [1.54, 1.807) is 25.3 Å². The Balaban J connectivity index is 1.56. The number of amides is 1. The SMILES string of the molecule is COc1ccc(C(=O)Nc2cccc(-c3nnnn3C3CC3)c2)cc1OC. The van der Waals surface area contributed by atoms with Crippen molar-refractivity contribution in [1.82, 2.24) is 20.2 Å². The van der Waals surface area contributed by atoms with Crippen molar-refractivity contribution in [3.8, 4) is 22.9 Å². The molecule has 8 heteroatoms. The molecule has 1 fully saturated rings. The Bertz CT molecular complexity index is 981. The average molecular weight is 365 g/mol. The number of methoxy groups -OCH3 is 2.